The van der Waals surface area contributed by atoms with Crippen LogP contribution in [0.5, 0.6) is 0 Å². The molecule has 1 aromatic heterocycles. The Balaban J connectivity index is 1.79. The van der Waals surface area contributed by atoms with E-state index in [0.717, 1.165) is 22.4 Å². The number of nitrogens with one attached hydrogen (secondary N) is 1. The zero-order chi connectivity index (χ0) is 15.5. The second-order valence-electron chi connectivity index (χ2n) is 4.94. The van der Waals surface area contributed by atoms with Gasteiger partial charge in [0.15, 0.2) is 0 Å². The molecule has 0 aliphatic rings. The summed E-state index contributed by atoms with van der Waals surface area (Å²) < 4.78 is 0. The highest BCUT2D eigenvalue weighted by Gasteiger charge is 2.09. The summed E-state index contributed by atoms with van der Waals surface area (Å²) in [6.07, 6.45) is 0. The van der Waals surface area contributed by atoms with Crippen LogP contribution >= 0.6 is 11.6 Å². The van der Waals surface area contributed by atoms with Crippen molar-refractivity contribution in [3.8, 4) is 0 Å². The van der Waals surface area contributed by atoms with Crippen molar-refractivity contribution in [3.63, 3.8) is 0 Å². The van der Waals surface area contributed by atoms with Crippen LogP contribution in [0, 0.1) is 6.92 Å². The minimum Gasteiger partial charge on any atom is -0.346 e. The van der Waals surface area contributed by atoms with E-state index in [1.54, 1.807) is 24.3 Å². The third kappa shape index (κ3) is 3.07. The van der Waals surface area contributed by atoms with Gasteiger partial charge in [-0.3, -0.25) is 4.79 Å². The number of benzene rings is 2. The summed E-state index contributed by atoms with van der Waals surface area (Å²) in [5.74, 6) is -0.183. The number of halogens is 1. The average Bonchev–Trinajstić information content (AvgIpc) is 2.52. The van der Waals surface area contributed by atoms with Crippen molar-refractivity contribution in [2.75, 3.05) is 0 Å². The zero-order valence-corrected chi connectivity index (χ0v) is 12.8. The first-order chi connectivity index (χ1) is 10.6. The van der Waals surface area contributed by atoms with Gasteiger partial charge in [-0.1, -0.05) is 29.8 Å². The lowest BCUT2D eigenvalue weighted by molar-refractivity contribution is 0.0950. The highest BCUT2D eigenvalue weighted by atomic mass is 35.5. The number of amides is 1. The quantitative estimate of drug-likeness (QED) is 0.805. The molecule has 22 heavy (non-hydrogen) atoms. The van der Waals surface area contributed by atoms with Crippen molar-refractivity contribution < 1.29 is 4.79 Å². The fourth-order valence-electron chi connectivity index (χ4n) is 2.19. The Kier molecular flexibility index (Phi) is 4.02. The maximum Gasteiger partial charge on any atom is 0.251 e. The number of fused-ring (bicyclic) bond motifs is 1. The molecule has 2 aromatic carbocycles. The van der Waals surface area contributed by atoms with Crippen LogP contribution in [0.2, 0.25) is 5.02 Å². The number of carbonyl (C=O) groups excluding carboxylic acids is 1. The van der Waals surface area contributed by atoms with Crippen molar-refractivity contribution in [3.05, 3.63) is 70.5 Å². The minimum atomic E-state index is -0.183. The van der Waals surface area contributed by atoms with E-state index in [9.17, 15) is 4.79 Å². The third-order valence-corrected chi connectivity index (χ3v) is 3.58. The lowest BCUT2D eigenvalue weighted by Gasteiger charge is -2.08. The fraction of sp³-hybridized carbons (Fsp3) is 0.118. The molecule has 0 aliphatic carbocycles. The van der Waals surface area contributed by atoms with E-state index < -0.39 is 0 Å². The lowest BCUT2D eigenvalue weighted by Crippen LogP contribution is -2.24. The predicted molar refractivity (Wildman–Crippen MR) is 86.9 cm³/mol. The molecule has 1 N–H and O–H groups in total. The molecule has 0 saturated heterocycles. The van der Waals surface area contributed by atoms with Crippen molar-refractivity contribution in [2.24, 2.45) is 0 Å². The summed E-state index contributed by atoms with van der Waals surface area (Å²) in [6, 6.07) is 14.5. The molecule has 0 saturated carbocycles. The summed E-state index contributed by atoms with van der Waals surface area (Å²) in [7, 11) is 0. The van der Waals surface area contributed by atoms with Gasteiger partial charge in [0.05, 0.1) is 29.0 Å². The number of nitrogens with zero attached hydrogens (tertiary/aromatic N) is 2. The molecule has 0 atom stereocenters. The maximum absolute atomic E-state index is 12.1. The van der Waals surface area contributed by atoms with Gasteiger partial charge >= 0.3 is 0 Å². The van der Waals surface area contributed by atoms with Crippen molar-refractivity contribution in [2.45, 2.75) is 13.5 Å². The van der Waals surface area contributed by atoms with Gasteiger partial charge in [0.1, 0.15) is 0 Å². The number of rotatable bonds is 3. The molecule has 0 radical (unpaired) electrons. The number of hydrogen-bond donors (Lipinski definition) is 1. The van der Waals surface area contributed by atoms with E-state index in [0.29, 0.717) is 17.1 Å². The van der Waals surface area contributed by atoms with Crippen LogP contribution in [0.3, 0.4) is 0 Å². The van der Waals surface area contributed by atoms with Gasteiger partial charge in [0, 0.05) is 10.6 Å². The highest BCUT2D eigenvalue weighted by Crippen LogP contribution is 2.13. The summed E-state index contributed by atoms with van der Waals surface area (Å²) in [6.45, 7) is 2.22. The van der Waals surface area contributed by atoms with Gasteiger partial charge in [-0.05, 0) is 37.3 Å². The van der Waals surface area contributed by atoms with E-state index in [4.69, 9.17) is 11.6 Å². The average molecular weight is 312 g/mol. The molecule has 0 unspecified atom stereocenters. The van der Waals surface area contributed by atoms with Crippen LogP contribution in [0.1, 0.15) is 21.7 Å². The van der Waals surface area contributed by atoms with E-state index in [1.165, 1.54) is 0 Å². The van der Waals surface area contributed by atoms with E-state index >= 15 is 0 Å². The van der Waals surface area contributed by atoms with Crippen molar-refractivity contribution >= 4 is 28.5 Å². The van der Waals surface area contributed by atoms with Gasteiger partial charge in [0.2, 0.25) is 0 Å². The number of aryl methyl sites for hydroxylation is 1. The molecule has 1 amide bonds. The molecule has 1 heterocycles. The summed E-state index contributed by atoms with van der Waals surface area (Å²) in [5, 5.41) is 3.38. The summed E-state index contributed by atoms with van der Waals surface area (Å²) >= 11 is 5.89. The van der Waals surface area contributed by atoms with Gasteiger partial charge in [-0.15, -0.1) is 0 Å². The Bertz CT molecular complexity index is 848. The van der Waals surface area contributed by atoms with Crippen LogP contribution in [0.25, 0.3) is 11.0 Å². The SMILES string of the molecule is Cc1nc2ccccc2nc1CNC(=O)c1cccc(Cl)c1. The van der Waals surface area contributed by atoms with E-state index in [1.807, 2.05) is 31.2 Å². The first-order valence-corrected chi connectivity index (χ1v) is 7.27. The topological polar surface area (TPSA) is 54.9 Å². The van der Waals surface area contributed by atoms with E-state index in [-0.39, 0.29) is 5.91 Å². The Morgan fingerprint density at radius 1 is 1.09 bits per heavy atom. The number of aromatic nitrogens is 2. The Hall–Kier alpha value is -2.46. The van der Waals surface area contributed by atoms with Crippen LogP contribution in [-0.4, -0.2) is 15.9 Å². The normalized spacial score (nSPS) is 10.6. The molecule has 0 bridgehead atoms. The Morgan fingerprint density at radius 3 is 2.55 bits per heavy atom. The van der Waals surface area contributed by atoms with Crippen LogP contribution in [0.4, 0.5) is 0 Å². The predicted octanol–water partition coefficient (Wildman–Crippen LogP) is 3.52. The Morgan fingerprint density at radius 2 is 1.82 bits per heavy atom. The van der Waals surface area contributed by atoms with Gasteiger partial charge in [-0.25, -0.2) is 9.97 Å². The Labute approximate surface area is 133 Å². The first kappa shape index (κ1) is 14.5. The molecule has 4 nitrogen and oxygen atoms in total. The number of carbonyl (C=O) groups is 1. The van der Waals surface area contributed by atoms with Crippen molar-refractivity contribution in [1.29, 1.82) is 0 Å². The molecule has 0 spiro atoms. The van der Waals surface area contributed by atoms with Gasteiger partial charge in [0.25, 0.3) is 5.91 Å². The molecule has 3 rings (SSSR count). The number of hydrogen-bond acceptors (Lipinski definition) is 3. The van der Waals surface area contributed by atoms with Crippen LogP contribution < -0.4 is 5.32 Å². The number of para-hydroxylation sites is 2. The fourth-order valence-corrected chi connectivity index (χ4v) is 2.38. The molecular formula is C17H14ClN3O. The van der Waals surface area contributed by atoms with Gasteiger partial charge < -0.3 is 5.32 Å². The molecule has 0 aliphatic heterocycles. The smallest absolute Gasteiger partial charge is 0.251 e. The minimum absolute atomic E-state index is 0.183. The van der Waals surface area contributed by atoms with Crippen molar-refractivity contribution in [1.82, 2.24) is 15.3 Å². The maximum atomic E-state index is 12.1. The third-order valence-electron chi connectivity index (χ3n) is 3.35. The zero-order valence-electron chi connectivity index (χ0n) is 12.0. The summed E-state index contributed by atoms with van der Waals surface area (Å²) in [5.41, 5.74) is 3.77. The second-order valence-corrected chi connectivity index (χ2v) is 5.37. The van der Waals surface area contributed by atoms with E-state index in [2.05, 4.69) is 15.3 Å². The molecule has 5 heteroatoms. The van der Waals surface area contributed by atoms with Gasteiger partial charge in [-0.2, -0.15) is 0 Å². The molecule has 3 aromatic rings. The summed E-state index contributed by atoms with van der Waals surface area (Å²) in [4.78, 5) is 21.2. The first-order valence-electron chi connectivity index (χ1n) is 6.89. The molecular weight excluding hydrogens is 298 g/mol. The van der Waals surface area contributed by atoms with Crippen LogP contribution in [-0.2, 0) is 6.54 Å². The second kappa shape index (κ2) is 6.12. The highest BCUT2D eigenvalue weighted by molar-refractivity contribution is 6.30. The largest absolute Gasteiger partial charge is 0.346 e. The lowest BCUT2D eigenvalue weighted by atomic mass is 10.2. The van der Waals surface area contributed by atoms with Crippen LogP contribution in [0.15, 0.2) is 48.5 Å². The molecule has 110 valence electrons. The molecule has 0 fully saturated rings. The standard InChI is InChI=1S/C17H14ClN3O/c1-11-16(21-15-8-3-2-7-14(15)20-11)10-19-17(22)12-5-4-6-13(18)9-12/h2-9H,10H2,1H3,(H,19,22). The monoisotopic (exact) mass is 311 g/mol.